The first kappa shape index (κ1) is 22.8. The first-order valence-electron chi connectivity index (χ1n) is 10.9. The maximum Gasteiger partial charge on any atom is 0.330 e. The van der Waals surface area contributed by atoms with Crippen LogP contribution in [0.15, 0.2) is 15.7 Å². The van der Waals surface area contributed by atoms with Gasteiger partial charge in [0.15, 0.2) is 5.65 Å². The van der Waals surface area contributed by atoms with Gasteiger partial charge in [0.25, 0.3) is 11.5 Å². The van der Waals surface area contributed by atoms with E-state index < -0.39 is 11.2 Å². The topological polar surface area (TPSA) is 91.3 Å². The van der Waals surface area contributed by atoms with Crippen molar-refractivity contribution in [2.45, 2.75) is 46.6 Å². The number of terminal acetylenes is 1. The van der Waals surface area contributed by atoms with Gasteiger partial charge >= 0.3 is 5.69 Å². The molecule has 0 atom stereocenters. The molecule has 0 unspecified atom stereocenters. The molecule has 1 fully saturated rings. The summed E-state index contributed by atoms with van der Waals surface area (Å²) in [5.41, 5.74) is 0.208. The SMILES string of the molecule is C#CCCN1CCN(C(=O)c2cc(C(C)C)nc3c2c(=O)[nH]c(=O)n3CC(C)C)CC1. The second-order valence-electron chi connectivity index (χ2n) is 8.80. The fraction of sp³-hybridized carbons (Fsp3) is 0.565. The quantitative estimate of drug-likeness (QED) is 0.711. The zero-order chi connectivity index (χ0) is 22.7. The number of rotatable bonds is 6. The van der Waals surface area contributed by atoms with E-state index in [9.17, 15) is 14.4 Å². The van der Waals surface area contributed by atoms with E-state index in [2.05, 4.69) is 20.8 Å². The van der Waals surface area contributed by atoms with Gasteiger partial charge in [0, 0.05) is 51.4 Å². The Bertz CT molecular complexity index is 1110. The van der Waals surface area contributed by atoms with E-state index in [0.717, 1.165) is 19.6 Å². The fourth-order valence-corrected chi connectivity index (χ4v) is 3.86. The highest BCUT2D eigenvalue weighted by molar-refractivity contribution is 6.05. The Morgan fingerprint density at radius 2 is 1.87 bits per heavy atom. The third-order valence-electron chi connectivity index (χ3n) is 5.57. The van der Waals surface area contributed by atoms with E-state index in [0.29, 0.717) is 37.3 Å². The van der Waals surface area contributed by atoms with Crippen molar-refractivity contribution in [3.8, 4) is 12.3 Å². The highest BCUT2D eigenvalue weighted by atomic mass is 16.2. The molecule has 3 rings (SSSR count). The van der Waals surface area contributed by atoms with Crippen molar-refractivity contribution in [1.82, 2.24) is 24.3 Å². The number of aromatic nitrogens is 3. The number of nitrogens with zero attached hydrogens (tertiary/aromatic N) is 4. The van der Waals surface area contributed by atoms with E-state index in [1.807, 2.05) is 27.7 Å². The Balaban J connectivity index is 2.07. The molecule has 8 heteroatoms. The molecule has 1 aliphatic heterocycles. The lowest BCUT2D eigenvalue weighted by Crippen LogP contribution is -2.49. The van der Waals surface area contributed by atoms with Crippen molar-refractivity contribution < 1.29 is 4.79 Å². The molecule has 3 heterocycles. The van der Waals surface area contributed by atoms with Crippen LogP contribution in [0.25, 0.3) is 11.0 Å². The first-order valence-corrected chi connectivity index (χ1v) is 10.9. The van der Waals surface area contributed by atoms with E-state index >= 15 is 0 Å². The van der Waals surface area contributed by atoms with Gasteiger partial charge < -0.3 is 4.90 Å². The molecule has 0 saturated carbocycles. The van der Waals surface area contributed by atoms with Gasteiger partial charge in [0.1, 0.15) is 0 Å². The minimum atomic E-state index is -0.571. The van der Waals surface area contributed by atoms with Crippen LogP contribution in [0.1, 0.15) is 56.1 Å². The van der Waals surface area contributed by atoms with Crippen LogP contribution in [0.5, 0.6) is 0 Å². The van der Waals surface area contributed by atoms with Gasteiger partial charge in [-0.1, -0.05) is 27.7 Å². The molecule has 1 N–H and O–H groups in total. The van der Waals surface area contributed by atoms with Crippen molar-refractivity contribution in [1.29, 1.82) is 0 Å². The minimum Gasteiger partial charge on any atom is -0.336 e. The predicted molar refractivity (Wildman–Crippen MR) is 121 cm³/mol. The summed E-state index contributed by atoms with van der Waals surface area (Å²) in [4.78, 5) is 49.8. The second kappa shape index (κ2) is 9.48. The molecule has 0 spiro atoms. The van der Waals surface area contributed by atoms with Crippen molar-refractivity contribution in [2.75, 3.05) is 32.7 Å². The van der Waals surface area contributed by atoms with Gasteiger partial charge in [0.05, 0.1) is 10.9 Å². The molecule has 1 saturated heterocycles. The van der Waals surface area contributed by atoms with Crippen LogP contribution < -0.4 is 11.2 Å². The van der Waals surface area contributed by atoms with Crippen LogP contribution in [-0.2, 0) is 6.54 Å². The van der Waals surface area contributed by atoms with Crippen LogP contribution in [-0.4, -0.2) is 63.0 Å². The largest absolute Gasteiger partial charge is 0.336 e. The highest BCUT2D eigenvalue weighted by Gasteiger charge is 2.26. The van der Waals surface area contributed by atoms with Crippen LogP contribution >= 0.6 is 0 Å². The number of fused-ring (bicyclic) bond motifs is 1. The Kier molecular flexibility index (Phi) is 6.96. The number of carbonyl (C=O) groups excluding carboxylic acids is 1. The molecule has 2 aromatic heterocycles. The van der Waals surface area contributed by atoms with Gasteiger partial charge in [0.2, 0.25) is 0 Å². The minimum absolute atomic E-state index is 0.0402. The van der Waals surface area contributed by atoms with Gasteiger partial charge in [-0.25, -0.2) is 9.78 Å². The number of amides is 1. The summed E-state index contributed by atoms with van der Waals surface area (Å²) in [5.74, 6) is 2.66. The van der Waals surface area contributed by atoms with E-state index in [1.165, 1.54) is 4.57 Å². The summed E-state index contributed by atoms with van der Waals surface area (Å²) in [6.07, 6.45) is 6.04. The molecule has 0 aromatic carbocycles. The monoisotopic (exact) mass is 425 g/mol. The summed E-state index contributed by atoms with van der Waals surface area (Å²) in [6, 6.07) is 1.71. The molecule has 1 amide bonds. The molecule has 2 aromatic rings. The van der Waals surface area contributed by atoms with Crippen molar-refractivity contribution in [2.24, 2.45) is 5.92 Å². The van der Waals surface area contributed by atoms with E-state index in [-0.39, 0.29) is 28.8 Å². The molecule has 8 nitrogen and oxygen atoms in total. The van der Waals surface area contributed by atoms with Crippen molar-refractivity contribution in [3.05, 3.63) is 38.2 Å². The number of nitrogens with one attached hydrogen (secondary N) is 1. The van der Waals surface area contributed by atoms with E-state index in [1.54, 1.807) is 11.0 Å². The number of hydrogen-bond acceptors (Lipinski definition) is 5. The van der Waals surface area contributed by atoms with Crippen LogP contribution in [0.2, 0.25) is 0 Å². The highest BCUT2D eigenvalue weighted by Crippen LogP contribution is 2.22. The number of H-pyrrole nitrogens is 1. The van der Waals surface area contributed by atoms with Crippen LogP contribution in [0.4, 0.5) is 0 Å². The molecule has 1 aliphatic rings. The molecular formula is C23H31N5O3. The summed E-state index contributed by atoms with van der Waals surface area (Å²) >= 11 is 0. The average molecular weight is 426 g/mol. The van der Waals surface area contributed by atoms with Crippen molar-refractivity contribution >= 4 is 16.9 Å². The molecule has 166 valence electrons. The number of carbonyl (C=O) groups is 1. The molecular weight excluding hydrogens is 394 g/mol. The van der Waals surface area contributed by atoms with Crippen molar-refractivity contribution in [3.63, 3.8) is 0 Å². The lowest BCUT2D eigenvalue weighted by atomic mass is 10.0. The maximum atomic E-state index is 13.5. The summed E-state index contributed by atoms with van der Waals surface area (Å²) in [7, 11) is 0. The average Bonchev–Trinajstić information content (AvgIpc) is 2.73. The Hall–Kier alpha value is -2.92. The van der Waals surface area contributed by atoms with Gasteiger partial charge in [-0.2, -0.15) is 0 Å². The van der Waals surface area contributed by atoms with E-state index in [4.69, 9.17) is 6.42 Å². The van der Waals surface area contributed by atoms with Gasteiger partial charge in [-0.05, 0) is 17.9 Å². The maximum absolute atomic E-state index is 13.5. The van der Waals surface area contributed by atoms with Gasteiger partial charge in [-0.3, -0.25) is 24.0 Å². The van der Waals surface area contributed by atoms with Gasteiger partial charge in [-0.15, -0.1) is 12.3 Å². The Labute approximate surface area is 182 Å². The first-order chi connectivity index (χ1) is 14.7. The van der Waals surface area contributed by atoms with Crippen LogP contribution in [0.3, 0.4) is 0 Å². The second-order valence-corrected chi connectivity index (χ2v) is 8.80. The lowest BCUT2D eigenvalue weighted by Gasteiger charge is -2.34. The third kappa shape index (κ3) is 4.88. The smallest absolute Gasteiger partial charge is 0.330 e. The fourth-order valence-electron chi connectivity index (χ4n) is 3.86. The van der Waals surface area contributed by atoms with Crippen LogP contribution in [0, 0.1) is 18.3 Å². The third-order valence-corrected chi connectivity index (χ3v) is 5.57. The lowest BCUT2D eigenvalue weighted by molar-refractivity contribution is 0.0641. The zero-order valence-corrected chi connectivity index (χ0v) is 18.8. The summed E-state index contributed by atoms with van der Waals surface area (Å²) < 4.78 is 1.47. The number of hydrogen-bond donors (Lipinski definition) is 1. The Morgan fingerprint density at radius 1 is 1.19 bits per heavy atom. The summed E-state index contributed by atoms with van der Waals surface area (Å²) in [5, 5.41) is 0.185. The molecule has 0 radical (unpaired) electrons. The number of aromatic amines is 1. The summed E-state index contributed by atoms with van der Waals surface area (Å²) in [6.45, 7) is 11.8. The predicted octanol–water partition coefficient (Wildman–Crippen LogP) is 1.65. The molecule has 31 heavy (non-hydrogen) atoms. The molecule has 0 bridgehead atoms. The molecule has 0 aliphatic carbocycles. The number of pyridine rings is 1. The number of piperazine rings is 1. The zero-order valence-electron chi connectivity index (χ0n) is 18.8. The normalized spacial score (nSPS) is 15.1. The Morgan fingerprint density at radius 3 is 2.45 bits per heavy atom. The standard InChI is InChI=1S/C23H31N5O3/c1-6-7-8-26-9-11-27(12-10-26)22(30)17-13-18(16(4)5)24-20-19(17)21(29)25-23(31)28(20)14-15(2)3/h1,13,15-16H,7-12,14H2,2-5H3,(H,25,29,31).